The van der Waals surface area contributed by atoms with Crippen molar-refractivity contribution in [2.75, 3.05) is 11.5 Å². The molecule has 0 aliphatic carbocycles. The Kier molecular flexibility index (Phi) is 5.59. The number of halogens is 1. The van der Waals surface area contributed by atoms with Crippen LogP contribution in [0.3, 0.4) is 0 Å². The fraction of sp³-hybridized carbons (Fsp3) is 0.308. The van der Waals surface area contributed by atoms with E-state index in [-0.39, 0.29) is 5.12 Å². The van der Waals surface area contributed by atoms with E-state index in [1.165, 1.54) is 11.8 Å². The summed E-state index contributed by atoms with van der Waals surface area (Å²) in [5.41, 5.74) is 8.33. The van der Waals surface area contributed by atoms with Crippen LogP contribution in [0.15, 0.2) is 18.2 Å². The molecular formula is C13H16ClNOS. The predicted molar refractivity (Wildman–Crippen MR) is 77.4 cm³/mol. The van der Waals surface area contributed by atoms with Crippen LogP contribution in [0.1, 0.15) is 24.5 Å². The lowest BCUT2D eigenvalue weighted by atomic mass is 10.1. The molecule has 1 aromatic rings. The normalized spacial score (nSPS) is 11.0. The Morgan fingerprint density at radius 3 is 2.88 bits per heavy atom. The van der Waals surface area contributed by atoms with Crippen molar-refractivity contribution in [2.24, 2.45) is 0 Å². The fourth-order valence-electron chi connectivity index (χ4n) is 1.33. The molecule has 4 heteroatoms. The molecule has 0 bridgehead atoms. The van der Waals surface area contributed by atoms with Gasteiger partial charge in [0.05, 0.1) is 5.02 Å². The van der Waals surface area contributed by atoms with Crippen molar-refractivity contribution in [3.8, 4) is 0 Å². The summed E-state index contributed by atoms with van der Waals surface area (Å²) in [5.74, 6) is 0.803. The molecular weight excluding hydrogens is 254 g/mol. The second-order valence-corrected chi connectivity index (χ2v) is 5.36. The van der Waals surface area contributed by atoms with Gasteiger partial charge < -0.3 is 5.73 Å². The molecule has 1 aromatic carbocycles. The molecule has 0 saturated heterocycles. The number of hydrogen-bond acceptors (Lipinski definition) is 3. The number of nitrogens with two attached hydrogens (primary N) is 1. The first kappa shape index (κ1) is 14.1. The van der Waals surface area contributed by atoms with Crippen LogP contribution >= 0.6 is 23.4 Å². The van der Waals surface area contributed by atoms with Gasteiger partial charge in [0, 0.05) is 18.4 Å². The number of thioether (sulfide) groups is 1. The summed E-state index contributed by atoms with van der Waals surface area (Å²) >= 11 is 7.50. The van der Waals surface area contributed by atoms with E-state index in [0.29, 0.717) is 10.7 Å². The number of hydrogen-bond donors (Lipinski definition) is 1. The zero-order valence-corrected chi connectivity index (χ0v) is 11.6. The second-order valence-electron chi connectivity index (χ2n) is 3.71. The molecule has 0 amide bonds. The Bertz CT molecular complexity index is 443. The Labute approximate surface area is 111 Å². The molecule has 17 heavy (non-hydrogen) atoms. The average molecular weight is 270 g/mol. The third-order valence-corrected chi connectivity index (χ3v) is 3.69. The van der Waals surface area contributed by atoms with Gasteiger partial charge in [-0.15, -0.1) is 0 Å². The van der Waals surface area contributed by atoms with Crippen LogP contribution in [0.4, 0.5) is 5.69 Å². The van der Waals surface area contributed by atoms with Gasteiger partial charge in [-0.05, 0) is 30.5 Å². The molecule has 0 saturated carbocycles. The van der Waals surface area contributed by atoms with Crippen molar-refractivity contribution in [2.45, 2.75) is 20.3 Å². The lowest BCUT2D eigenvalue weighted by Gasteiger charge is -2.05. The smallest absolute Gasteiger partial charge is 0.185 e. The van der Waals surface area contributed by atoms with Gasteiger partial charge in [0.1, 0.15) is 0 Å². The lowest BCUT2D eigenvalue weighted by Crippen LogP contribution is -1.91. The highest BCUT2D eigenvalue weighted by molar-refractivity contribution is 8.13. The third kappa shape index (κ3) is 4.44. The lowest BCUT2D eigenvalue weighted by molar-refractivity contribution is -0.109. The van der Waals surface area contributed by atoms with Gasteiger partial charge >= 0.3 is 0 Å². The van der Waals surface area contributed by atoms with Crippen LogP contribution in [0.2, 0.25) is 5.02 Å². The van der Waals surface area contributed by atoms with Crippen molar-refractivity contribution < 1.29 is 4.79 Å². The summed E-state index contributed by atoms with van der Waals surface area (Å²) < 4.78 is 0. The van der Waals surface area contributed by atoms with E-state index in [1.54, 1.807) is 6.92 Å². The van der Waals surface area contributed by atoms with E-state index >= 15 is 0 Å². The summed E-state index contributed by atoms with van der Waals surface area (Å²) in [6.07, 6.45) is 4.84. The summed E-state index contributed by atoms with van der Waals surface area (Å²) in [6, 6.07) is 3.75. The van der Waals surface area contributed by atoms with Crippen LogP contribution in [-0.2, 0) is 4.79 Å². The standard InChI is InChI=1S/C13H16ClNOS/c1-9-12(15)7-6-11(13(9)14)5-3-4-8-17-10(2)16/h3,5-7H,4,8,15H2,1-2H3. The first-order valence-corrected chi connectivity index (χ1v) is 6.73. The number of carbonyl (C=O) groups excluding carboxylic acids is 1. The van der Waals surface area contributed by atoms with Crippen molar-refractivity contribution >= 4 is 40.2 Å². The molecule has 0 radical (unpaired) electrons. The van der Waals surface area contributed by atoms with Crippen molar-refractivity contribution in [3.05, 3.63) is 34.4 Å². The van der Waals surface area contributed by atoms with Gasteiger partial charge in [-0.3, -0.25) is 4.79 Å². The maximum absolute atomic E-state index is 10.7. The Morgan fingerprint density at radius 2 is 2.24 bits per heavy atom. The first-order valence-electron chi connectivity index (χ1n) is 5.37. The molecule has 2 nitrogen and oxygen atoms in total. The Balaban J connectivity index is 2.60. The van der Waals surface area contributed by atoms with Gasteiger partial charge in [0.2, 0.25) is 0 Å². The van der Waals surface area contributed by atoms with Gasteiger partial charge in [-0.1, -0.05) is 41.6 Å². The zero-order valence-electron chi connectivity index (χ0n) is 10.00. The van der Waals surface area contributed by atoms with Crippen LogP contribution in [0.25, 0.3) is 6.08 Å². The SMILES string of the molecule is CC(=O)SCCC=Cc1ccc(N)c(C)c1Cl. The Morgan fingerprint density at radius 1 is 1.53 bits per heavy atom. The van der Waals surface area contributed by atoms with E-state index < -0.39 is 0 Å². The van der Waals surface area contributed by atoms with E-state index in [1.807, 2.05) is 31.2 Å². The summed E-state index contributed by atoms with van der Waals surface area (Å²) in [7, 11) is 0. The minimum atomic E-state index is 0.153. The van der Waals surface area contributed by atoms with Gasteiger partial charge in [0.25, 0.3) is 0 Å². The summed E-state index contributed by atoms with van der Waals surface area (Å²) in [4.78, 5) is 10.7. The third-order valence-electron chi connectivity index (χ3n) is 2.35. The molecule has 0 aliphatic heterocycles. The van der Waals surface area contributed by atoms with Gasteiger partial charge in [0.15, 0.2) is 5.12 Å². The number of carbonyl (C=O) groups is 1. The van der Waals surface area contributed by atoms with Crippen molar-refractivity contribution in [3.63, 3.8) is 0 Å². The molecule has 0 aromatic heterocycles. The van der Waals surface area contributed by atoms with Crippen molar-refractivity contribution in [1.29, 1.82) is 0 Å². The van der Waals surface area contributed by atoms with Crippen LogP contribution in [-0.4, -0.2) is 10.9 Å². The maximum Gasteiger partial charge on any atom is 0.185 e. The summed E-state index contributed by atoms with van der Waals surface area (Å²) in [6.45, 7) is 3.48. The molecule has 0 spiro atoms. The fourth-order valence-corrected chi connectivity index (χ4v) is 2.11. The van der Waals surface area contributed by atoms with E-state index in [0.717, 1.165) is 23.3 Å². The topological polar surface area (TPSA) is 43.1 Å². The summed E-state index contributed by atoms with van der Waals surface area (Å²) in [5, 5.41) is 0.847. The molecule has 0 fully saturated rings. The molecule has 0 aliphatic rings. The average Bonchev–Trinajstić information content (AvgIpc) is 2.28. The van der Waals surface area contributed by atoms with Crippen molar-refractivity contribution in [1.82, 2.24) is 0 Å². The van der Waals surface area contributed by atoms with Crippen LogP contribution < -0.4 is 5.73 Å². The van der Waals surface area contributed by atoms with E-state index in [4.69, 9.17) is 17.3 Å². The molecule has 0 atom stereocenters. The number of nitrogen functional groups attached to an aromatic ring is 1. The van der Waals surface area contributed by atoms with E-state index in [2.05, 4.69) is 0 Å². The largest absolute Gasteiger partial charge is 0.398 e. The predicted octanol–water partition coefficient (Wildman–Crippen LogP) is 3.91. The number of benzene rings is 1. The number of rotatable bonds is 4. The highest BCUT2D eigenvalue weighted by atomic mass is 35.5. The number of anilines is 1. The molecule has 0 unspecified atom stereocenters. The van der Waals surface area contributed by atoms with Crippen LogP contribution in [0.5, 0.6) is 0 Å². The minimum absolute atomic E-state index is 0.153. The molecule has 1 rings (SSSR count). The second kappa shape index (κ2) is 6.72. The maximum atomic E-state index is 10.7. The Hall–Kier alpha value is -0.930. The number of allylic oxidation sites excluding steroid dienone is 1. The monoisotopic (exact) mass is 269 g/mol. The minimum Gasteiger partial charge on any atom is -0.398 e. The quantitative estimate of drug-likeness (QED) is 0.666. The highest BCUT2D eigenvalue weighted by Crippen LogP contribution is 2.26. The van der Waals surface area contributed by atoms with Gasteiger partial charge in [-0.25, -0.2) is 0 Å². The molecule has 2 N–H and O–H groups in total. The van der Waals surface area contributed by atoms with Crippen LogP contribution in [0, 0.1) is 6.92 Å². The first-order chi connectivity index (χ1) is 8.02. The zero-order chi connectivity index (χ0) is 12.8. The van der Waals surface area contributed by atoms with E-state index in [9.17, 15) is 4.79 Å². The molecule has 92 valence electrons. The van der Waals surface area contributed by atoms with Gasteiger partial charge in [-0.2, -0.15) is 0 Å². The highest BCUT2D eigenvalue weighted by Gasteiger charge is 2.03. The molecule has 0 heterocycles.